The topological polar surface area (TPSA) is 109 Å². The molecule has 0 aliphatic carbocycles. The van der Waals surface area contributed by atoms with Gasteiger partial charge in [0.25, 0.3) is 0 Å². The van der Waals surface area contributed by atoms with E-state index >= 15 is 0 Å². The second-order valence-corrected chi connectivity index (χ2v) is 6.19. The molecule has 3 heterocycles. The number of aromatic nitrogens is 5. The van der Waals surface area contributed by atoms with Crippen molar-refractivity contribution in [1.29, 1.82) is 0 Å². The molecule has 0 radical (unpaired) electrons. The number of nitrogens with zero attached hydrogens (tertiary/aromatic N) is 5. The third kappa shape index (κ3) is 3.97. The Bertz CT molecular complexity index is 878. The number of aliphatic hydroxyl groups excluding tert-OH is 1. The molecule has 0 saturated heterocycles. The Hall–Kier alpha value is -2.87. The van der Waals surface area contributed by atoms with E-state index in [0.29, 0.717) is 28.8 Å². The summed E-state index contributed by atoms with van der Waals surface area (Å²) in [7, 11) is 0. The summed E-state index contributed by atoms with van der Waals surface area (Å²) in [6, 6.07) is 5.65. The van der Waals surface area contributed by atoms with Crippen molar-refractivity contribution in [2.75, 3.05) is 10.6 Å². The maximum atomic E-state index is 9.85. The molecule has 3 N–H and O–H groups in total. The molecule has 25 heavy (non-hydrogen) atoms. The van der Waals surface area contributed by atoms with Crippen LogP contribution in [0.4, 0.5) is 17.6 Å². The van der Waals surface area contributed by atoms with Crippen molar-refractivity contribution in [1.82, 2.24) is 25.1 Å². The molecule has 0 spiro atoms. The van der Waals surface area contributed by atoms with Gasteiger partial charge in [0.1, 0.15) is 5.52 Å². The Morgan fingerprint density at radius 3 is 2.52 bits per heavy atom. The number of aliphatic hydroxyl groups is 1. The van der Waals surface area contributed by atoms with Gasteiger partial charge in [0.15, 0.2) is 11.6 Å². The Balaban J connectivity index is 2.02. The monoisotopic (exact) mass is 339 g/mol. The molecule has 0 fully saturated rings. The average molecular weight is 339 g/mol. The third-order valence-corrected chi connectivity index (χ3v) is 3.48. The number of fused-ring (bicyclic) bond motifs is 1. The lowest BCUT2D eigenvalue weighted by Gasteiger charge is -2.14. The minimum Gasteiger partial charge on any atom is -0.387 e. The number of hydrogen-bond acceptors (Lipinski definition) is 8. The maximum absolute atomic E-state index is 9.85. The number of pyridine rings is 1. The number of nitrogens with one attached hydrogen (secondary N) is 2. The molecule has 3 aromatic rings. The van der Waals surface area contributed by atoms with Crippen LogP contribution in [-0.2, 0) is 0 Å². The Morgan fingerprint density at radius 2 is 1.88 bits per heavy atom. The van der Waals surface area contributed by atoms with Gasteiger partial charge in [-0.05, 0) is 45.9 Å². The highest BCUT2D eigenvalue weighted by Gasteiger charge is 2.13. The molecule has 0 aromatic carbocycles. The van der Waals surface area contributed by atoms with E-state index in [9.17, 15) is 5.11 Å². The van der Waals surface area contributed by atoms with Crippen LogP contribution in [0.2, 0.25) is 0 Å². The van der Waals surface area contributed by atoms with E-state index < -0.39 is 6.10 Å². The fraction of sp³-hybridized carbons (Fsp3) is 0.353. The molecule has 3 rings (SSSR count). The molecule has 0 aliphatic rings. The fourth-order valence-corrected chi connectivity index (χ4v) is 2.29. The van der Waals surface area contributed by atoms with Crippen LogP contribution in [0.25, 0.3) is 10.9 Å². The summed E-state index contributed by atoms with van der Waals surface area (Å²) in [5.41, 5.74) is 2.09. The van der Waals surface area contributed by atoms with Crippen molar-refractivity contribution >= 4 is 28.5 Å². The van der Waals surface area contributed by atoms with Crippen LogP contribution in [0.5, 0.6) is 0 Å². The van der Waals surface area contributed by atoms with E-state index in [1.807, 2.05) is 32.9 Å². The first-order valence-electron chi connectivity index (χ1n) is 8.12. The van der Waals surface area contributed by atoms with Crippen LogP contribution in [0.15, 0.2) is 24.4 Å². The molecular weight excluding hydrogens is 318 g/mol. The molecular formula is C17H21N7O. The highest BCUT2D eigenvalue weighted by atomic mass is 16.3. The lowest BCUT2D eigenvalue weighted by molar-refractivity contribution is 0.194. The first-order chi connectivity index (χ1) is 11.9. The van der Waals surface area contributed by atoms with Crippen molar-refractivity contribution in [3.05, 3.63) is 35.8 Å². The van der Waals surface area contributed by atoms with E-state index in [1.165, 1.54) is 0 Å². The smallest absolute Gasteiger partial charge is 0.229 e. The van der Waals surface area contributed by atoms with Gasteiger partial charge < -0.3 is 15.7 Å². The van der Waals surface area contributed by atoms with E-state index in [4.69, 9.17) is 0 Å². The quantitative estimate of drug-likeness (QED) is 0.651. The minimum absolute atomic E-state index is 0.175. The van der Waals surface area contributed by atoms with Crippen molar-refractivity contribution in [3.63, 3.8) is 0 Å². The van der Waals surface area contributed by atoms with Crippen LogP contribution in [-0.4, -0.2) is 36.3 Å². The van der Waals surface area contributed by atoms with Gasteiger partial charge in [0.05, 0.1) is 17.5 Å². The van der Waals surface area contributed by atoms with Crippen molar-refractivity contribution in [2.24, 2.45) is 0 Å². The van der Waals surface area contributed by atoms with Gasteiger partial charge in [0, 0.05) is 17.6 Å². The predicted molar refractivity (Wildman–Crippen MR) is 96.8 cm³/mol. The van der Waals surface area contributed by atoms with Gasteiger partial charge in [0.2, 0.25) is 5.95 Å². The van der Waals surface area contributed by atoms with Gasteiger partial charge in [-0.15, -0.1) is 5.10 Å². The van der Waals surface area contributed by atoms with Crippen molar-refractivity contribution in [2.45, 2.75) is 39.8 Å². The molecule has 3 aromatic heterocycles. The standard InChI is InChI=1S/C17H21N7O/c1-9(2)19-16-15-12(7-13(20-16)11(4)25)8-18-17(22-15)21-14-6-5-10(3)23-24-14/h5-9,11,25H,1-4H3,(H,19,20)(H,18,21,22,24)/t11-/m1/s1. The molecule has 130 valence electrons. The molecule has 0 unspecified atom stereocenters. The number of hydrogen-bond donors (Lipinski definition) is 3. The van der Waals surface area contributed by atoms with Crippen molar-refractivity contribution < 1.29 is 5.11 Å². The van der Waals surface area contributed by atoms with Gasteiger partial charge in [-0.25, -0.2) is 15.0 Å². The van der Waals surface area contributed by atoms with Crippen LogP contribution >= 0.6 is 0 Å². The minimum atomic E-state index is -0.669. The summed E-state index contributed by atoms with van der Waals surface area (Å²) in [6.07, 6.45) is 1.03. The second kappa shape index (κ2) is 6.94. The average Bonchev–Trinajstić information content (AvgIpc) is 2.56. The number of rotatable bonds is 5. The Kier molecular flexibility index (Phi) is 4.71. The van der Waals surface area contributed by atoms with Crippen LogP contribution < -0.4 is 10.6 Å². The summed E-state index contributed by atoms with van der Waals surface area (Å²) in [5, 5.41) is 25.0. The zero-order chi connectivity index (χ0) is 18.0. The molecule has 0 saturated carbocycles. The lowest BCUT2D eigenvalue weighted by atomic mass is 10.2. The van der Waals surface area contributed by atoms with Crippen LogP contribution in [0, 0.1) is 6.92 Å². The first-order valence-corrected chi connectivity index (χ1v) is 8.12. The lowest BCUT2D eigenvalue weighted by Crippen LogP contribution is -2.13. The third-order valence-electron chi connectivity index (χ3n) is 3.48. The van der Waals surface area contributed by atoms with Crippen LogP contribution in [0.3, 0.4) is 0 Å². The fourth-order valence-electron chi connectivity index (χ4n) is 2.29. The Labute approximate surface area is 145 Å². The summed E-state index contributed by atoms with van der Waals surface area (Å²) >= 11 is 0. The largest absolute Gasteiger partial charge is 0.387 e. The van der Waals surface area contributed by atoms with E-state index in [0.717, 1.165) is 11.1 Å². The number of aryl methyl sites for hydroxylation is 1. The normalized spacial score (nSPS) is 12.4. The summed E-state index contributed by atoms with van der Waals surface area (Å²) in [4.78, 5) is 13.4. The Morgan fingerprint density at radius 1 is 1.08 bits per heavy atom. The number of anilines is 3. The van der Waals surface area contributed by atoms with Crippen LogP contribution in [0.1, 0.15) is 38.3 Å². The van der Waals surface area contributed by atoms with E-state index in [2.05, 4.69) is 35.8 Å². The molecule has 8 heteroatoms. The van der Waals surface area contributed by atoms with E-state index in [-0.39, 0.29) is 6.04 Å². The molecule has 1 atom stereocenters. The van der Waals surface area contributed by atoms with Gasteiger partial charge in [-0.2, -0.15) is 5.10 Å². The second-order valence-electron chi connectivity index (χ2n) is 6.19. The van der Waals surface area contributed by atoms with Crippen molar-refractivity contribution in [3.8, 4) is 0 Å². The summed E-state index contributed by atoms with van der Waals surface area (Å²) < 4.78 is 0. The zero-order valence-electron chi connectivity index (χ0n) is 14.6. The highest BCUT2D eigenvalue weighted by molar-refractivity contribution is 5.89. The molecule has 0 amide bonds. The molecule has 8 nitrogen and oxygen atoms in total. The summed E-state index contributed by atoms with van der Waals surface area (Å²) in [6.45, 7) is 7.59. The first kappa shape index (κ1) is 17.0. The van der Waals surface area contributed by atoms with E-state index in [1.54, 1.807) is 19.2 Å². The highest BCUT2D eigenvalue weighted by Crippen LogP contribution is 2.25. The zero-order valence-corrected chi connectivity index (χ0v) is 14.6. The molecule has 0 aliphatic heterocycles. The van der Waals surface area contributed by atoms with Gasteiger partial charge in [-0.3, -0.25) is 0 Å². The molecule has 0 bridgehead atoms. The van der Waals surface area contributed by atoms with Gasteiger partial charge in [-0.1, -0.05) is 0 Å². The summed E-state index contributed by atoms with van der Waals surface area (Å²) in [5.74, 6) is 1.59. The predicted octanol–water partition coefficient (Wildman–Crippen LogP) is 2.74. The van der Waals surface area contributed by atoms with Gasteiger partial charge >= 0.3 is 0 Å². The SMILES string of the molecule is Cc1ccc(Nc2ncc3cc([C@@H](C)O)nc(NC(C)C)c3n2)nn1. The maximum Gasteiger partial charge on any atom is 0.229 e.